The number of pyridine rings is 1. The standard InChI is InChI=1S/C20H23ClN2OS2/c1-4-11-22-20(25)18(19(24)16-7-8-17(21)26-16)23-12-9-15(10-13-23)14(5-2)6-3/h4,7-10,12-14,18H,1,5-6,11H2,2-3H3/p+1/t18-/m0/s1. The molecule has 0 saturated carbocycles. The number of hydrogen-bond acceptors (Lipinski definition) is 3. The summed E-state index contributed by atoms with van der Waals surface area (Å²) in [6.45, 7) is 8.59. The van der Waals surface area contributed by atoms with Crippen LogP contribution in [0.25, 0.3) is 0 Å². The number of thiophene rings is 1. The average molecular weight is 408 g/mol. The molecule has 0 amide bonds. The lowest BCUT2D eigenvalue weighted by Crippen LogP contribution is -2.51. The van der Waals surface area contributed by atoms with Gasteiger partial charge in [0, 0.05) is 18.7 Å². The number of nitrogens with one attached hydrogen (secondary N) is 1. The molecule has 0 aromatic carbocycles. The number of ketones is 1. The van der Waals surface area contributed by atoms with Gasteiger partial charge in [-0.1, -0.05) is 43.7 Å². The number of hydrogen-bond donors (Lipinski definition) is 1. The van der Waals surface area contributed by atoms with Crippen molar-refractivity contribution in [3.63, 3.8) is 0 Å². The molecule has 2 rings (SSSR count). The van der Waals surface area contributed by atoms with Crippen LogP contribution in [0.1, 0.15) is 53.9 Å². The van der Waals surface area contributed by atoms with Crippen molar-refractivity contribution in [3.8, 4) is 0 Å². The van der Waals surface area contributed by atoms with Gasteiger partial charge in [0.05, 0.1) is 9.21 Å². The smallest absolute Gasteiger partial charge is 0.271 e. The number of rotatable bonds is 9. The molecule has 26 heavy (non-hydrogen) atoms. The molecular weight excluding hydrogens is 384 g/mol. The Labute approximate surface area is 169 Å². The van der Waals surface area contributed by atoms with Crippen molar-refractivity contribution in [3.05, 3.63) is 64.1 Å². The highest BCUT2D eigenvalue weighted by Gasteiger charge is 2.34. The third kappa shape index (κ3) is 5.00. The van der Waals surface area contributed by atoms with E-state index in [-0.39, 0.29) is 5.78 Å². The van der Waals surface area contributed by atoms with Crippen molar-refractivity contribution in [2.75, 3.05) is 6.54 Å². The van der Waals surface area contributed by atoms with E-state index < -0.39 is 6.04 Å². The van der Waals surface area contributed by atoms with Crippen LogP contribution in [0.5, 0.6) is 0 Å². The molecule has 1 atom stereocenters. The number of thiocarbonyl (C=S) groups is 1. The Hall–Kier alpha value is -1.56. The van der Waals surface area contributed by atoms with Crippen molar-refractivity contribution < 1.29 is 9.36 Å². The van der Waals surface area contributed by atoms with Crippen molar-refractivity contribution in [2.45, 2.75) is 38.6 Å². The molecule has 6 heteroatoms. The monoisotopic (exact) mass is 407 g/mol. The van der Waals surface area contributed by atoms with Crippen LogP contribution in [0.15, 0.2) is 49.3 Å². The van der Waals surface area contributed by atoms with Crippen LogP contribution in [0, 0.1) is 0 Å². The van der Waals surface area contributed by atoms with Crippen LogP contribution in [-0.2, 0) is 0 Å². The molecule has 1 N–H and O–H groups in total. The minimum atomic E-state index is -0.601. The van der Waals surface area contributed by atoms with Crippen LogP contribution < -0.4 is 9.88 Å². The molecule has 138 valence electrons. The fourth-order valence-electron chi connectivity index (χ4n) is 2.89. The summed E-state index contributed by atoms with van der Waals surface area (Å²) in [5.41, 5.74) is 1.28. The Balaban J connectivity index is 2.35. The van der Waals surface area contributed by atoms with E-state index in [1.807, 2.05) is 17.0 Å². The molecule has 3 nitrogen and oxygen atoms in total. The first-order chi connectivity index (χ1) is 12.5. The van der Waals surface area contributed by atoms with E-state index in [0.29, 0.717) is 26.7 Å². The minimum absolute atomic E-state index is 0.0660. The molecule has 0 fully saturated rings. The van der Waals surface area contributed by atoms with Gasteiger partial charge in [-0.15, -0.1) is 17.9 Å². The number of nitrogens with zero attached hydrogens (tertiary/aromatic N) is 1. The SMILES string of the molecule is C=CCNC(=S)[C@H](C(=O)c1ccc(Cl)s1)[n+]1ccc(C(CC)CC)cc1. The molecule has 0 aliphatic carbocycles. The van der Waals surface area contributed by atoms with Gasteiger partial charge in [0.15, 0.2) is 17.4 Å². The van der Waals surface area contributed by atoms with Gasteiger partial charge in [0.1, 0.15) is 0 Å². The van der Waals surface area contributed by atoms with Crippen molar-refractivity contribution in [1.29, 1.82) is 0 Å². The number of Topliss-reactive ketones (excluding diaryl/α,β-unsaturated/α-hetero) is 1. The van der Waals surface area contributed by atoms with Gasteiger partial charge in [-0.2, -0.15) is 4.57 Å². The maximum Gasteiger partial charge on any atom is 0.271 e. The Morgan fingerprint density at radius 2 is 1.96 bits per heavy atom. The zero-order chi connectivity index (χ0) is 19.1. The highest BCUT2D eigenvalue weighted by atomic mass is 35.5. The van der Waals surface area contributed by atoms with E-state index in [1.54, 1.807) is 18.2 Å². The highest BCUT2D eigenvalue weighted by molar-refractivity contribution is 7.80. The number of carbonyl (C=O) groups is 1. The minimum Gasteiger partial charge on any atom is -0.370 e. The summed E-state index contributed by atoms with van der Waals surface area (Å²) in [4.78, 5) is 14.1. The normalized spacial score (nSPS) is 12.0. The molecule has 0 aliphatic heterocycles. The van der Waals surface area contributed by atoms with E-state index >= 15 is 0 Å². The summed E-state index contributed by atoms with van der Waals surface area (Å²) in [5.74, 6) is 0.462. The van der Waals surface area contributed by atoms with Crippen LogP contribution >= 0.6 is 35.2 Å². The van der Waals surface area contributed by atoms with E-state index in [1.165, 1.54) is 16.9 Å². The zero-order valence-electron chi connectivity index (χ0n) is 15.1. The van der Waals surface area contributed by atoms with Gasteiger partial charge in [-0.05, 0) is 36.5 Å². The van der Waals surface area contributed by atoms with Crippen LogP contribution in [0.4, 0.5) is 0 Å². The lowest BCUT2D eigenvalue weighted by atomic mass is 9.95. The van der Waals surface area contributed by atoms with E-state index in [9.17, 15) is 4.79 Å². The zero-order valence-corrected chi connectivity index (χ0v) is 17.5. The van der Waals surface area contributed by atoms with Crippen LogP contribution in [0.3, 0.4) is 0 Å². The summed E-state index contributed by atoms with van der Waals surface area (Å²) < 4.78 is 2.45. The second-order valence-corrected chi connectivity index (χ2v) is 8.15. The van der Waals surface area contributed by atoms with Gasteiger partial charge in [-0.3, -0.25) is 4.79 Å². The average Bonchev–Trinajstić information content (AvgIpc) is 3.09. The van der Waals surface area contributed by atoms with Gasteiger partial charge >= 0.3 is 0 Å². The molecule has 0 aliphatic rings. The third-order valence-electron chi connectivity index (χ3n) is 4.37. The summed E-state index contributed by atoms with van der Waals surface area (Å²) in [5, 5.41) is 3.09. The lowest BCUT2D eigenvalue weighted by Gasteiger charge is -2.15. The first kappa shape index (κ1) is 20.7. The van der Waals surface area contributed by atoms with Crippen molar-refractivity contribution in [2.24, 2.45) is 0 Å². The Morgan fingerprint density at radius 3 is 2.46 bits per heavy atom. The van der Waals surface area contributed by atoms with Crippen molar-refractivity contribution in [1.82, 2.24) is 5.32 Å². The lowest BCUT2D eigenvalue weighted by molar-refractivity contribution is -0.692. The summed E-state index contributed by atoms with van der Waals surface area (Å²) in [7, 11) is 0. The molecule has 0 bridgehead atoms. The molecule has 2 aromatic rings. The Morgan fingerprint density at radius 1 is 1.31 bits per heavy atom. The highest BCUT2D eigenvalue weighted by Crippen LogP contribution is 2.25. The second-order valence-electron chi connectivity index (χ2n) is 6.00. The summed E-state index contributed by atoms with van der Waals surface area (Å²) in [6, 6.07) is 7.04. The van der Waals surface area contributed by atoms with E-state index in [2.05, 4.69) is 37.9 Å². The van der Waals surface area contributed by atoms with Gasteiger partial charge in [0.25, 0.3) is 6.04 Å². The molecule has 2 heterocycles. The van der Waals surface area contributed by atoms with E-state index in [0.717, 1.165) is 12.8 Å². The Kier molecular flexibility index (Phi) is 7.94. The topological polar surface area (TPSA) is 33.0 Å². The van der Waals surface area contributed by atoms with Crippen LogP contribution in [0.2, 0.25) is 4.34 Å². The van der Waals surface area contributed by atoms with Gasteiger partial charge in [0.2, 0.25) is 5.78 Å². The van der Waals surface area contributed by atoms with E-state index in [4.69, 9.17) is 23.8 Å². The molecule has 0 saturated heterocycles. The van der Waals surface area contributed by atoms with Gasteiger partial charge < -0.3 is 5.32 Å². The summed E-state index contributed by atoms with van der Waals surface area (Å²) >= 11 is 12.8. The third-order valence-corrected chi connectivity index (χ3v) is 5.98. The number of halogens is 1. The predicted octanol–water partition coefficient (Wildman–Crippen LogP) is 5.12. The molecule has 0 unspecified atom stereocenters. The largest absolute Gasteiger partial charge is 0.370 e. The predicted molar refractivity (Wildman–Crippen MR) is 113 cm³/mol. The molecular formula is C20H24ClN2OS2+. The van der Waals surface area contributed by atoms with Crippen molar-refractivity contribution >= 4 is 45.9 Å². The number of carbonyl (C=O) groups excluding carboxylic acids is 1. The maximum absolute atomic E-state index is 13.1. The summed E-state index contributed by atoms with van der Waals surface area (Å²) in [6.07, 6.45) is 7.78. The fraction of sp³-hybridized carbons (Fsp3) is 0.350. The maximum atomic E-state index is 13.1. The van der Waals surface area contributed by atoms with Crippen LogP contribution in [-0.4, -0.2) is 17.3 Å². The molecule has 0 radical (unpaired) electrons. The molecule has 0 spiro atoms. The van der Waals surface area contributed by atoms with Gasteiger partial charge in [-0.25, -0.2) is 0 Å². The first-order valence-corrected chi connectivity index (χ1v) is 10.3. The molecule has 2 aromatic heterocycles. The second kappa shape index (κ2) is 9.95. The number of aromatic nitrogens is 1. The first-order valence-electron chi connectivity index (χ1n) is 8.70. The quantitative estimate of drug-likeness (QED) is 0.271. The Bertz CT molecular complexity index is 766. The fourth-order valence-corrected chi connectivity index (χ4v) is 4.21.